The van der Waals surface area contributed by atoms with Crippen LogP contribution in [0.5, 0.6) is 11.5 Å². The third kappa shape index (κ3) is 5.14. The maximum atomic E-state index is 12.1. The van der Waals surface area contributed by atoms with Crippen molar-refractivity contribution in [3.8, 4) is 11.5 Å². The van der Waals surface area contributed by atoms with Gasteiger partial charge in [-0.25, -0.2) is 4.79 Å². The Hall–Kier alpha value is -2.69. The molecule has 5 nitrogen and oxygen atoms in total. The van der Waals surface area contributed by atoms with Crippen molar-refractivity contribution in [3.63, 3.8) is 0 Å². The first kappa shape index (κ1) is 18.6. The lowest BCUT2D eigenvalue weighted by atomic mass is 10.1. The van der Waals surface area contributed by atoms with Crippen LogP contribution in [0, 0.1) is 0 Å². The van der Waals surface area contributed by atoms with Crippen molar-refractivity contribution >= 4 is 6.03 Å². The summed E-state index contributed by atoms with van der Waals surface area (Å²) in [6.07, 6.45) is 1.01. The van der Waals surface area contributed by atoms with Gasteiger partial charge in [-0.05, 0) is 42.2 Å². The van der Waals surface area contributed by atoms with Crippen LogP contribution in [-0.4, -0.2) is 20.3 Å². The van der Waals surface area contributed by atoms with E-state index in [0.29, 0.717) is 18.0 Å². The maximum absolute atomic E-state index is 12.1. The summed E-state index contributed by atoms with van der Waals surface area (Å²) in [5, 5.41) is 5.81. The molecule has 0 bridgehead atoms. The normalized spacial score (nSPS) is 11.5. The molecule has 0 saturated carbocycles. The molecular formula is C20H26N2O3. The van der Waals surface area contributed by atoms with Gasteiger partial charge in [-0.3, -0.25) is 0 Å². The lowest BCUT2D eigenvalue weighted by Crippen LogP contribution is -2.36. The average molecular weight is 342 g/mol. The molecular weight excluding hydrogens is 316 g/mol. The van der Waals surface area contributed by atoms with Crippen molar-refractivity contribution in [1.82, 2.24) is 10.6 Å². The number of urea groups is 1. The van der Waals surface area contributed by atoms with E-state index in [4.69, 9.17) is 9.47 Å². The van der Waals surface area contributed by atoms with Gasteiger partial charge in [-0.15, -0.1) is 0 Å². The van der Waals surface area contributed by atoms with Crippen molar-refractivity contribution in [2.75, 3.05) is 14.2 Å². The summed E-state index contributed by atoms with van der Waals surface area (Å²) in [7, 11) is 3.19. The number of hydrogen-bond acceptors (Lipinski definition) is 3. The minimum absolute atomic E-state index is 0.0590. The Morgan fingerprint density at radius 3 is 2.24 bits per heavy atom. The summed E-state index contributed by atoms with van der Waals surface area (Å²) in [5.74, 6) is 1.31. The lowest BCUT2D eigenvalue weighted by Gasteiger charge is -2.16. The van der Waals surface area contributed by atoms with E-state index in [1.54, 1.807) is 14.2 Å². The Balaban J connectivity index is 1.89. The van der Waals surface area contributed by atoms with Gasteiger partial charge >= 0.3 is 6.03 Å². The quantitative estimate of drug-likeness (QED) is 0.804. The molecule has 2 N–H and O–H groups in total. The Bertz CT molecular complexity index is 699. The van der Waals surface area contributed by atoms with Gasteiger partial charge < -0.3 is 20.1 Å². The molecule has 1 unspecified atom stereocenters. The molecule has 0 aromatic heterocycles. The lowest BCUT2D eigenvalue weighted by molar-refractivity contribution is 0.237. The van der Waals surface area contributed by atoms with E-state index in [0.717, 1.165) is 17.5 Å². The molecule has 2 rings (SSSR count). The Morgan fingerprint density at radius 2 is 1.64 bits per heavy atom. The fourth-order valence-electron chi connectivity index (χ4n) is 2.55. The Morgan fingerprint density at radius 1 is 1.00 bits per heavy atom. The van der Waals surface area contributed by atoms with Crippen LogP contribution in [0.4, 0.5) is 4.79 Å². The molecule has 0 saturated heterocycles. The van der Waals surface area contributed by atoms with Gasteiger partial charge in [0.25, 0.3) is 0 Å². The van der Waals surface area contributed by atoms with Crippen molar-refractivity contribution < 1.29 is 14.3 Å². The van der Waals surface area contributed by atoms with Gasteiger partial charge in [-0.2, -0.15) is 0 Å². The van der Waals surface area contributed by atoms with Crippen molar-refractivity contribution in [2.45, 2.75) is 32.9 Å². The van der Waals surface area contributed by atoms with Crippen LogP contribution in [0.1, 0.15) is 36.6 Å². The number of carbonyl (C=O) groups is 1. The van der Waals surface area contributed by atoms with Crippen molar-refractivity contribution in [1.29, 1.82) is 0 Å². The van der Waals surface area contributed by atoms with E-state index in [9.17, 15) is 4.79 Å². The summed E-state index contributed by atoms with van der Waals surface area (Å²) in [5.41, 5.74) is 3.31. The first-order chi connectivity index (χ1) is 12.1. The summed E-state index contributed by atoms with van der Waals surface area (Å²) >= 11 is 0. The van der Waals surface area contributed by atoms with Gasteiger partial charge in [0.1, 0.15) is 0 Å². The van der Waals surface area contributed by atoms with Gasteiger partial charge in [0.15, 0.2) is 11.5 Å². The van der Waals surface area contributed by atoms with Crippen LogP contribution in [-0.2, 0) is 13.0 Å². The smallest absolute Gasteiger partial charge is 0.315 e. The zero-order chi connectivity index (χ0) is 18.2. The highest BCUT2D eigenvalue weighted by atomic mass is 16.5. The predicted molar refractivity (Wildman–Crippen MR) is 99.2 cm³/mol. The first-order valence-corrected chi connectivity index (χ1v) is 8.41. The number of methoxy groups -OCH3 is 2. The highest BCUT2D eigenvalue weighted by Gasteiger charge is 2.10. The van der Waals surface area contributed by atoms with Crippen LogP contribution in [0.25, 0.3) is 0 Å². The van der Waals surface area contributed by atoms with Gasteiger partial charge in [0.05, 0.1) is 20.3 Å². The number of carbonyl (C=O) groups excluding carboxylic acids is 1. The van der Waals surface area contributed by atoms with Crippen LogP contribution < -0.4 is 20.1 Å². The van der Waals surface area contributed by atoms with E-state index in [-0.39, 0.29) is 12.1 Å². The minimum atomic E-state index is -0.207. The van der Waals surface area contributed by atoms with Crippen molar-refractivity contribution in [2.24, 2.45) is 0 Å². The summed E-state index contributed by atoms with van der Waals surface area (Å²) in [4.78, 5) is 12.1. The summed E-state index contributed by atoms with van der Waals surface area (Å²) < 4.78 is 10.5. The second-order valence-corrected chi connectivity index (χ2v) is 5.83. The molecule has 2 aromatic rings. The summed E-state index contributed by atoms with van der Waals surface area (Å²) in [6.45, 7) is 4.50. The Labute approximate surface area is 149 Å². The van der Waals surface area contributed by atoms with E-state index >= 15 is 0 Å². The number of rotatable bonds is 7. The standard InChI is InChI=1S/C20H26N2O3/c1-5-15-6-9-17(10-7-15)14(2)22-20(23)21-13-16-8-11-18(24-3)19(12-16)25-4/h6-12,14H,5,13H2,1-4H3,(H2,21,22,23). The molecule has 2 amide bonds. The van der Waals surface area contributed by atoms with Gasteiger partial charge in [-0.1, -0.05) is 37.3 Å². The topological polar surface area (TPSA) is 59.6 Å². The van der Waals surface area contributed by atoms with Crippen LogP contribution in [0.2, 0.25) is 0 Å². The fourth-order valence-corrected chi connectivity index (χ4v) is 2.55. The number of nitrogens with one attached hydrogen (secondary N) is 2. The molecule has 0 aliphatic rings. The number of amides is 2. The van der Waals surface area contributed by atoms with Crippen LogP contribution >= 0.6 is 0 Å². The third-order valence-corrected chi connectivity index (χ3v) is 4.14. The SMILES string of the molecule is CCc1ccc(C(C)NC(=O)NCc2ccc(OC)c(OC)c2)cc1. The zero-order valence-electron chi connectivity index (χ0n) is 15.3. The zero-order valence-corrected chi connectivity index (χ0v) is 15.3. The number of aryl methyl sites for hydroxylation is 1. The molecule has 0 aliphatic carbocycles. The first-order valence-electron chi connectivity index (χ1n) is 8.41. The molecule has 134 valence electrons. The molecule has 0 spiro atoms. The molecule has 1 atom stereocenters. The third-order valence-electron chi connectivity index (χ3n) is 4.14. The fraction of sp³-hybridized carbons (Fsp3) is 0.350. The number of benzene rings is 2. The Kier molecular flexibility index (Phi) is 6.69. The molecule has 5 heteroatoms. The monoisotopic (exact) mass is 342 g/mol. The molecule has 0 radical (unpaired) electrons. The van der Waals surface area contributed by atoms with Gasteiger partial charge in [0.2, 0.25) is 0 Å². The second kappa shape index (κ2) is 8.97. The highest BCUT2D eigenvalue weighted by molar-refractivity contribution is 5.74. The molecule has 0 aliphatic heterocycles. The molecule has 0 heterocycles. The average Bonchev–Trinajstić information content (AvgIpc) is 2.66. The van der Waals surface area contributed by atoms with E-state index in [2.05, 4.69) is 41.8 Å². The van der Waals surface area contributed by atoms with Crippen LogP contribution in [0.15, 0.2) is 42.5 Å². The maximum Gasteiger partial charge on any atom is 0.315 e. The molecule has 0 fully saturated rings. The molecule has 2 aromatic carbocycles. The highest BCUT2D eigenvalue weighted by Crippen LogP contribution is 2.27. The van der Waals surface area contributed by atoms with E-state index < -0.39 is 0 Å². The van der Waals surface area contributed by atoms with Crippen LogP contribution in [0.3, 0.4) is 0 Å². The largest absolute Gasteiger partial charge is 0.493 e. The van der Waals surface area contributed by atoms with E-state index in [1.165, 1.54) is 5.56 Å². The minimum Gasteiger partial charge on any atom is -0.493 e. The predicted octanol–water partition coefficient (Wildman–Crippen LogP) is 3.83. The summed E-state index contributed by atoms with van der Waals surface area (Å²) in [6, 6.07) is 13.6. The van der Waals surface area contributed by atoms with E-state index in [1.807, 2.05) is 25.1 Å². The molecule has 25 heavy (non-hydrogen) atoms. The number of hydrogen-bond donors (Lipinski definition) is 2. The van der Waals surface area contributed by atoms with Crippen molar-refractivity contribution in [3.05, 3.63) is 59.2 Å². The number of ether oxygens (including phenoxy) is 2. The second-order valence-electron chi connectivity index (χ2n) is 5.83. The van der Waals surface area contributed by atoms with Gasteiger partial charge in [0, 0.05) is 6.54 Å².